The Balaban J connectivity index is 2.45. The van der Waals surface area contributed by atoms with E-state index in [9.17, 15) is 9.90 Å². The van der Waals surface area contributed by atoms with Crippen LogP contribution in [-0.2, 0) is 4.79 Å². The third-order valence-electron chi connectivity index (χ3n) is 2.96. The van der Waals surface area contributed by atoms with Crippen molar-refractivity contribution in [2.45, 2.75) is 26.9 Å². The molecule has 0 saturated carbocycles. The van der Waals surface area contributed by atoms with E-state index in [0.29, 0.717) is 11.5 Å². The number of ether oxygens (including phenoxy) is 2. The number of aryl methyl sites for hydroxylation is 1. The maximum Gasteiger partial charge on any atom is 0.258 e. The van der Waals surface area contributed by atoms with Crippen LogP contribution in [0.4, 0.5) is 0 Å². The van der Waals surface area contributed by atoms with Gasteiger partial charge in [-0.25, -0.2) is 0 Å². The van der Waals surface area contributed by atoms with Gasteiger partial charge in [-0.2, -0.15) is 0 Å². The Bertz CT molecular complexity index is 445. The molecule has 2 N–H and O–H groups in total. The lowest BCUT2D eigenvalue weighted by Crippen LogP contribution is -2.37. The number of benzene rings is 1. The van der Waals surface area contributed by atoms with Crippen LogP contribution in [0.1, 0.15) is 19.4 Å². The minimum Gasteiger partial charge on any atom is -0.493 e. The lowest BCUT2D eigenvalue weighted by Gasteiger charge is -2.15. The van der Waals surface area contributed by atoms with Gasteiger partial charge in [-0.05, 0) is 30.5 Å². The van der Waals surface area contributed by atoms with Gasteiger partial charge in [0.25, 0.3) is 5.91 Å². The molecule has 0 aliphatic carbocycles. The van der Waals surface area contributed by atoms with Gasteiger partial charge in [-0.3, -0.25) is 4.79 Å². The Morgan fingerprint density at radius 3 is 2.65 bits per heavy atom. The zero-order valence-electron chi connectivity index (χ0n) is 12.5. The van der Waals surface area contributed by atoms with Crippen molar-refractivity contribution in [3.63, 3.8) is 0 Å². The largest absolute Gasteiger partial charge is 0.493 e. The number of methoxy groups -OCH3 is 1. The van der Waals surface area contributed by atoms with Gasteiger partial charge in [0, 0.05) is 6.54 Å². The standard InChI is InChI=1S/C15H23NO4/c1-10(2)12(17)8-16-15(18)9-20-13-6-5-11(3)7-14(13)19-4/h5-7,10,12,17H,8-9H2,1-4H3,(H,16,18). The molecule has 20 heavy (non-hydrogen) atoms. The second-order valence-electron chi connectivity index (χ2n) is 5.06. The molecule has 1 aromatic rings. The van der Waals surface area contributed by atoms with E-state index in [2.05, 4.69) is 5.32 Å². The first kappa shape index (κ1) is 16.3. The highest BCUT2D eigenvalue weighted by Crippen LogP contribution is 2.27. The Morgan fingerprint density at radius 2 is 2.05 bits per heavy atom. The van der Waals surface area contributed by atoms with E-state index in [1.165, 1.54) is 0 Å². The highest BCUT2D eigenvalue weighted by Gasteiger charge is 2.12. The van der Waals surface area contributed by atoms with Crippen molar-refractivity contribution in [3.05, 3.63) is 23.8 Å². The van der Waals surface area contributed by atoms with Crippen LogP contribution in [0, 0.1) is 12.8 Å². The topological polar surface area (TPSA) is 67.8 Å². The molecule has 1 amide bonds. The van der Waals surface area contributed by atoms with Crippen LogP contribution in [0.3, 0.4) is 0 Å². The van der Waals surface area contributed by atoms with Crippen LogP contribution >= 0.6 is 0 Å². The number of hydrogen-bond donors (Lipinski definition) is 2. The first-order valence-electron chi connectivity index (χ1n) is 6.66. The predicted octanol–water partition coefficient (Wildman–Crippen LogP) is 1.52. The highest BCUT2D eigenvalue weighted by atomic mass is 16.5. The number of carbonyl (C=O) groups is 1. The fraction of sp³-hybridized carbons (Fsp3) is 0.533. The summed E-state index contributed by atoms with van der Waals surface area (Å²) in [5, 5.41) is 12.2. The molecule has 0 heterocycles. The minimum atomic E-state index is -0.548. The molecule has 0 bridgehead atoms. The molecule has 1 aromatic carbocycles. The molecule has 0 fully saturated rings. The van der Waals surface area contributed by atoms with Crippen molar-refractivity contribution in [3.8, 4) is 11.5 Å². The van der Waals surface area contributed by atoms with Gasteiger partial charge in [-0.15, -0.1) is 0 Å². The second kappa shape index (κ2) is 7.75. The van der Waals surface area contributed by atoms with Crippen molar-refractivity contribution in [2.75, 3.05) is 20.3 Å². The number of nitrogens with one attached hydrogen (secondary N) is 1. The first-order valence-corrected chi connectivity index (χ1v) is 6.66. The lowest BCUT2D eigenvalue weighted by molar-refractivity contribution is -0.123. The monoisotopic (exact) mass is 281 g/mol. The Kier molecular flexibility index (Phi) is 6.31. The van der Waals surface area contributed by atoms with E-state index in [-0.39, 0.29) is 25.0 Å². The van der Waals surface area contributed by atoms with Crippen LogP contribution < -0.4 is 14.8 Å². The molecule has 0 aromatic heterocycles. The smallest absolute Gasteiger partial charge is 0.258 e. The molecule has 0 aliphatic heterocycles. The first-order chi connectivity index (χ1) is 9.43. The van der Waals surface area contributed by atoms with Crippen molar-refractivity contribution < 1.29 is 19.4 Å². The fourth-order valence-corrected chi connectivity index (χ4v) is 1.54. The molecule has 5 nitrogen and oxygen atoms in total. The molecule has 112 valence electrons. The van der Waals surface area contributed by atoms with Crippen LogP contribution in [0.15, 0.2) is 18.2 Å². The summed E-state index contributed by atoms with van der Waals surface area (Å²) in [5.41, 5.74) is 1.05. The third kappa shape index (κ3) is 5.09. The van der Waals surface area contributed by atoms with Gasteiger partial charge < -0.3 is 19.9 Å². The number of carbonyl (C=O) groups excluding carboxylic acids is 1. The zero-order valence-corrected chi connectivity index (χ0v) is 12.5. The van der Waals surface area contributed by atoms with Crippen molar-refractivity contribution in [1.82, 2.24) is 5.32 Å². The molecule has 0 radical (unpaired) electrons. The molecule has 1 rings (SSSR count). The van der Waals surface area contributed by atoms with E-state index < -0.39 is 6.10 Å². The molecule has 0 spiro atoms. The molecule has 0 aliphatic rings. The Morgan fingerprint density at radius 1 is 1.35 bits per heavy atom. The zero-order chi connectivity index (χ0) is 15.1. The number of rotatable bonds is 7. The van der Waals surface area contributed by atoms with Crippen molar-refractivity contribution >= 4 is 5.91 Å². The average Bonchev–Trinajstić information content (AvgIpc) is 2.42. The van der Waals surface area contributed by atoms with E-state index >= 15 is 0 Å². The number of aliphatic hydroxyl groups excluding tert-OH is 1. The molecule has 0 saturated heterocycles. The molecule has 5 heteroatoms. The van der Waals surface area contributed by atoms with Gasteiger partial charge in [0.15, 0.2) is 18.1 Å². The number of aliphatic hydroxyl groups is 1. The summed E-state index contributed by atoms with van der Waals surface area (Å²) in [6, 6.07) is 5.50. The summed E-state index contributed by atoms with van der Waals surface area (Å²) in [6.07, 6.45) is -0.548. The highest BCUT2D eigenvalue weighted by molar-refractivity contribution is 5.77. The normalized spacial score (nSPS) is 12.1. The van der Waals surface area contributed by atoms with Crippen molar-refractivity contribution in [2.24, 2.45) is 5.92 Å². The summed E-state index contributed by atoms with van der Waals surface area (Å²) in [4.78, 5) is 11.6. The van der Waals surface area contributed by atoms with Gasteiger partial charge in [-0.1, -0.05) is 19.9 Å². The van der Waals surface area contributed by atoms with Crippen LogP contribution in [0.25, 0.3) is 0 Å². The summed E-state index contributed by atoms with van der Waals surface area (Å²) in [7, 11) is 1.56. The summed E-state index contributed by atoms with van der Waals surface area (Å²) >= 11 is 0. The second-order valence-corrected chi connectivity index (χ2v) is 5.06. The number of amides is 1. The average molecular weight is 281 g/mol. The number of hydrogen-bond acceptors (Lipinski definition) is 4. The van der Waals surface area contributed by atoms with Crippen LogP contribution in [0.5, 0.6) is 11.5 Å². The quantitative estimate of drug-likeness (QED) is 0.795. The van der Waals surface area contributed by atoms with E-state index in [0.717, 1.165) is 5.56 Å². The lowest BCUT2D eigenvalue weighted by atomic mass is 10.1. The maximum absolute atomic E-state index is 11.6. The van der Waals surface area contributed by atoms with Crippen LogP contribution in [-0.4, -0.2) is 37.4 Å². The van der Waals surface area contributed by atoms with E-state index in [1.807, 2.05) is 32.9 Å². The maximum atomic E-state index is 11.6. The molecule has 1 atom stereocenters. The fourth-order valence-electron chi connectivity index (χ4n) is 1.54. The Hall–Kier alpha value is -1.75. The summed E-state index contributed by atoms with van der Waals surface area (Å²) in [6.45, 7) is 5.86. The molecule has 1 unspecified atom stereocenters. The van der Waals surface area contributed by atoms with E-state index in [1.54, 1.807) is 13.2 Å². The van der Waals surface area contributed by atoms with Gasteiger partial charge in [0.05, 0.1) is 13.2 Å². The minimum absolute atomic E-state index is 0.105. The molecular formula is C15H23NO4. The van der Waals surface area contributed by atoms with Gasteiger partial charge in [0.1, 0.15) is 0 Å². The summed E-state index contributed by atoms with van der Waals surface area (Å²) < 4.78 is 10.6. The van der Waals surface area contributed by atoms with Gasteiger partial charge >= 0.3 is 0 Å². The SMILES string of the molecule is COc1cc(C)ccc1OCC(=O)NCC(O)C(C)C. The van der Waals surface area contributed by atoms with Gasteiger partial charge in [0.2, 0.25) is 0 Å². The Labute approximate surface area is 119 Å². The van der Waals surface area contributed by atoms with E-state index in [4.69, 9.17) is 9.47 Å². The van der Waals surface area contributed by atoms with Crippen LogP contribution in [0.2, 0.25) is 0 Å². The summed E-state index contributed by atoms with van der Waals surface area (Å²) in [5.74, 6) is 0.957. The molecular weight excluding hydrogens is 258 g/mol. The van der Waals surface area contributed by atoms with Crippen molar-refractivity contribution in [1.29, 1.82) is 0 Å². The third-order valence-corrected chi connectivity index (χ3v) is 2.96. The predicted molar refractivity (Wildman–Crippen MR) is 77.1 cm³/mol.